The zero-order chi connectivity index (χ0) is 17.4. The lowest BCUT2D eigenvalue weighted by Crippen LogP contribution is -2.30. The van der Waals surface area contributed by atoms with Crippen LogP contribution in [0.15, 0.2) is 60.7 Å². The molecule has 3 aromatic carbocycles. The summed E-state index contributed by atoms with van der Waals surface area (Å²) in [6.07, 6.45) is 1.35. The van der Waals surface area contributed by atoms with E-state index in [1.54, 1.807) is 18.2 Å². The number of benzene rings is 3. The maximum Gasteiger partial charge on any atom is 0.223 e. The molecule has 0 spiro atoms. The minimum atomic E-state index is -0.373. The summed E-state index contributed by atoms with van der Waals surface area (Å²) in [5.41, 5.74) is 1.61. The molecule has 0 aliphatic carbocycles. The van der Waals surface area contributed by atoms with E-state index in [1.165, 1.54) is 0 Å². The molecule has 1 saturated heterocycles. The van der Waals surface area contributed by atoms with Crippen LogP contribution in [-0.4, -0.2) is 27.6 Å². The van der Waals surface area contributed by atoms with Gasteiger partial charge in [-0.1, -0.05) is 42.5 Å². The first kappa shape index (κ1) is 15.5. The minimum absolute atomic E-state index is 0.0883. The summed E-state index contributed by atoms with van der Waals surface area (Å²) in [7, 11) is 0. The highest BCUT2D eigenvalue weighted by molar-refractivity contribution is 5.89. The van der Waals surface area contributed by atoms with Gasteiger partial charge in [0, 0.05) is 18.5 Å². The number of amides is 1. The van der Waals surface area contributed by atoms with E-state index in [0.717, 1.165) is 28.3 Å². The summed E-state index contributed by atoms with van der Waals surface area (Å²) in [4.78, 5) is 14.3. The van der Waals surface area contributed by atoms with Gasteiger partial charge in [0.15, 0.2) is 0 Å². The van der Waals surface area contributed by atoms with E-state index in [1.807, 2.05) is 47.4 Å². The maximum absolute atomic E-state index is 12.5. The first-order valence-electron chi connectivity index (χ1n) is 8.44. The molecule has 1 fully saturated rings. The molecule has 0 bridgehead atoms. The van der Waals surface area contributed by atoms with Crippen LogP contribution in [0.1, 0.15) is 30.0 Å². The van der Waals surface area contributed by atoms with Gasteiger partial charge in [-0.25, -0.2) is 0 Å². The van der Waals surface area contributed by atoms with Crippen molar-refractivity contribution in [3.05, 3.63) is 71.8 Å². The highest BCUT2D eigenvalue weighted by Gasteiger charge is 2.32. The number of hydrogen-bond donors (Lipinski definition) is 2. The van der Waals surface area contributed by atoms with Crippen molar-refractivity contribution in [3.8, 4) is 11.5 Å². The van der Waals surface area contributed by atoms with Crippen LogP contribution in [0.4, 0.5) is 0 Å². The number of carbonyl (C=O) groups excluding carboxylic acids is 1. The number of rotatable bonds is 3. The Morgan fingerprint density at radius 3 is 2.40 bits per heavy atom. The zero-order valence-corrected chi connectivity index (χ0v) is 13.7. The summed E-state index contributed by atoms with van der Waals surface area (Å²) in [5.74, 6) is 0.444. The highest BCUT2D eigenvalue weighted by Crippen LogP contribution is 2.41. The Morgan fingerprint density at radius 2 is 1.68 bits per heavy atom. The van der Waals surface area contributed by atoms with Crippen molar-refractivity contribution >= 4 is 16.7 Å². The standard InChI is InChI=1S/C21H19NO3/c23-16-10-7-15(8-11-16)21(22-13-3-6-19(22)25)20-17-5-2-1-4-14(17)9-12-18(20)24/h1-2,4-5,7-12,21,23-24H,3,6,13H2. The van der Waals surface area contributed by atoms with Crippen molar-refractivity contribution in [2.24, 2.45) is 0 Å². The fourth-order valence-corrected chi connectivity index (χ4v) is 3.67. The average Bonchev–Trinajstić information content (AvgIpc) is 3.04. The van der Waals surface area contributed by atoms with Gasteiger partial charge in [0.1, 0.15) is 11.5 Å². The van der Waals surface area contributed by atoms with E-state index in [-0.39, 0.29) is 23.4 Å². The van der Waals surface area contributed by atoms with Gasteiger partial charge in [-0.3, -0.25) is 4.79 Å². The van der Waals surface area contributed by atoms with E-state index in [4.69, 9.17) is 0 Å². The summed E-state index contributed by atoms with van der Waals surface area (Å²) >= 11 is 0. The third-order valence-electron chi connectivity index (χ3n) is 4.85. The molecule has 0 saturated carbocycles. The van der Waals surface area contributed by atoms with E-state index in [2.05, 4.69) is 0 Å². The zero-order valence-electron chi connectivity index (χ0n) is 13.7. The third kappa shape index (κ3) is 2.70. The van der Waals surface area contributed by atoms with Crippen LogP contribution in [0.25, 0.3) is 10.8 Å². The van der Waals surface area contributed by atoms with Gasteiger partial charge < -0.3 is 15.1 Å². The molecule has 3 aromatic rings. The quantitative estimate of drug-likeness (QED) is 0.762. The first-order chi connectivity index (χ1) is 12.1. The van der Waals surface area contributed by atoms with Gasteiger partial charge >= 0.3 is 0 Å². The maximum atomic E-state index is 12.5. The fraction of sp³-hybridized carbons (Fsp3) is 0.190. The second-order valence-electron chi connectivity index (χ2n) is 6.40. The highest BCUT2D eigenvalue weighted by atomic mass is 16.3. The lowest BCUT2D eigenvalue weighted by atomic mass is 9.91. The Kier molecular flexibility index (Phi) is 3.80. The van der Waals surface area contributed by atoms with Crippen molar-refractivity contribution < 1.29 is 15.0 Å². The molecule has 126 valence electrons. The smallest absolute Gasteiger partial charge is 0.223 e. The van der Waals surface area contributed by atoms with Crippen LogP contribution in [-0.2, 0) is 4.79 Å². The van der Waals surface area contributed by atoms with Crippen molar-refractivity contribution in [1.82, 2.24) is 4.90 Å². The molecular weight excluding hydrogens is 314 g/mol. The molecule has 25 heavy (non-hydrogen) atoms. The average molecular weight is 333 g/mol. The second kappa shape index (κ2) is 6.13. The molecule has 4 heteroatoms. The molecule has 4 nitrogen and oxygen atoms in total. The van der Waals surface area contributed by atoms with Gasteiger partial charge in [0.25, 0.3) is 0 Å². The van der Waals surface area contributed by atoms with Gasteiger partial charge in [0.2, 0.25) is 5.91 Å². The van der Waals surface area contributed by atoms with Crippen LogP contribution in [0.5, 0.6) is 11.5 Å². The summed E-state index contributed by atoms with van der Waals surface area (Å²) in [6, 6.07) is 17.9. The van der Waals surface area contributed by atoms with Crippen molar-refractivity contribution in [1.29, 1.82) is 0 Å². The summed E-state index contributed by atoms with van der Waals surface area (Å²) in [5, 5.41) is 22.2. The van der Waals surface area contributed by atoms with E-state index in [0.29, 0.717) is 13.0 Å². The topological polar surface area (TPSA) is 60.8 Å². The number of fused-ring (bicyclic) bond motifs is 1. The molecule has 1 amide bonds. The van der Waals surface area contributed by atoms with Gasteiger partial charge in [0.05, 0.1) is 6.04 Å². The Balaban J connectivity index is 1.96. The Hall–Kier alpha value is -3.01. The second-order valence-corrected chi connectivity index (χ2v) is 6.40. The number of likely N-dealkylation sites (tertiary alicyclic amines) is 1. The Morgan fingerprint density at radius 1 is 0.920 bits per heavy atom. The fourth-order valence-electron chi connectivity index (χ4n) is 3.67. The SMILES string of the molecule is O=C1CCCN1C(c1ccc(O)cc1)c1c(O)ccc2ccccc12. The Bertz CT molecular complexity index is 934. The van der Waals surface area contributed by atoms with E-state index >= 15 is 0 Å². The Labute approximate surface area is 145 Å². The molecule has 1 unspecified atom stereocenters. The van der Waals surface area contributed by atoms with Crippen LogP contribution >= 0.6 is 0 Å². The van der Waals surface area contributed by atoms with Crippen LogP contribution in [0, 0.1) is 0 Å². The van der Waals surface area contributed by atoms with Gasteiger partial charge in [-0.05, 0) is 41.0 Å². The number of hydrogen-bond acceptors (Lipinski definition) is 3. The molecule has 2 N–H and O–H groups in total. The molecule has 1 atom stereocenters. The van der Waals surface area contributed by atoms with Crippen molar-refractivity contribution in [2.75, 3.05) is 6.54 Å². The third-order valence-corrected chi connectivity index (χ3v) is 4.85. The lowest BCUT2D eigenvalue weighted by molar-refractivity contribution is -0.129. The summed E-state index contributed by atoms with van der Waals surface area (Å²) < 4.78 is 0. The van der Waals surface area contributed by atoms with Gasteiger partial charge in [-0.15, -0.1) is 0 Å². The van der Waals surface area contributed by atoms with Crippen LogP contribution < -0.4 is 0 Å². The molecule has 1 heterocycles. The van der Waals surface area contributed by atoms with Crippen LogP contribution in [0.2, 0.25) is 0 Å². The molecule has 1 aliphatic rings. The predicted molar refractivity (Wildman–Crippen MR) is 96.5 cm³/mol. The molecule has 0 aromatic heterocycles. The lowest BCUT2D eigenvalue weighted by Gasteiger charge is -2.30. The monoisotopic (exact) mass is 333 g/mol. The molecule has 1 aliphatic heterocycles. The number of aromatic hydroxyl groups is 2. The largest absolute Gasteiger partial charge is 0.508 e. The van der Waals surface area contributed by atoms with E-state index < -0.39 is 0 Å². The number of phenolic OH excluding ortho intramolecular Hbond substituents is 2. The predicted octanol–water partition coefficient (Wildman–Crippen LogP) is 3.96. The first-order valence-corrected chi connectivity index (χ1v) is 8.44. The van der Waals surface area contributed by atoms with Crippen molar-refractivity contribution in [2.45, 2.75) is 18.9 Å². The number of carbonyl (C=O) groups is 1. The molecule has 4 rings (SSSR count). The van der Waals surface area contributed by atoms with Gasteiger partial charge in [-0.2, -0.15) is 0 Å². The van der Waals surface area contributed by atoms with Crippen molar-refractivity contribution in [3.63, 3.8) is 0 Å². The number of nitrogens with zero attached hydrogens (tertiary/aromatic N) is 1. The molecular formula is C21H19NO3. The summed E-state index contributed by atoms with van der Waals surface area (Å²) in [6.45, 7) is 0.660. The molecule has 0 radical (unpaired) electrons. The van der Waals surface area contributed by atoms with Crippen LogP contribution in [0.3, 0.4) is 0 Å². The normalized spacial score (nSPS) is 15.7. The van der Waals surface area contributed by atoms with E-state index in [9.17, 15) is 15.0 Å². The minimum Gasteiger partial charge on any atom is -0.508 e. The number of phenols is 2.